The first-order chi connectivity index (χ1) is 20.6. The summed E-state index contributed by atoms with van der Waals surface area (Å²) in [6.45, 7) is 2.15. The Hall–Kier alpha value is -4.38. The number of hydrogen-bond donors (Lipinski definition) is 3. The molecule has 0 aliphatic carbocycles. The Morgan fingerprint density at radius 3 is 1.71 bits per heavy atom. The molecule has 0 aliphatic rings. The number of amides is 2. The molecule has 0 spiro atoms. The van der Waals surface area contributed by atoms with Gasteiger partial charge in [-0.05, 0) is 74.8 Å². The Morgan fingerprint density at radius 2 is 1.19 bits per heavy atom. The molecule has 2 rings (SSSR count). The number of aromatic hydroxyl groups is 1. The molecule has 0 aromatic heterocycles. The first-order valence-electron chi connectivity index (χ1n) is 14.9. The van der Waals surface area contributed by atoms with Gasteiger partial charge in [0, 0.05) is 18.5 Å². The number of phenolic OH excluding ortho intramolecular Hbond substituents is 1. The number of anilines is 1. The predicted octanol–water partition coefficient (Wildman–Crippen LogP) is 8.54. The van der Waals surface area contributed by atoms with Crippen LogP contribution in [0.4, 0.5) is 5.69 Å². The van der Waals surface area contributed by atoms with E-state index >= 15 is 0 Å². The van der Waals surface area contributed by atoms with Crippen LogP contribution in [0.2, 0.25) is 0 Å². The maximum absolute atomic E-state index is 13.0. The molecule has 2 amide bonds. The van der Waals surface area contributed by atoms with E-state index in [1.165, 1.54) is 12.1 Å². The highest BCUT2D eigenvalue weighted by molar-refractivity contribution is 5.97. The third kappa shape index (κ3) is 16.7. The van der Waals surface area contributed by atoms with Crippen molar-refractivity contribution in [2.45, 2.75) is 70.8 Å². The SMILES string of the molecule is CCC=CCC=CCC=CCC=CCC=CCC=CCCC(=O)NC(Cc1ccccc1)C(=O)Nc1ccc(O)cc1. The largest absolute Gasteiger partial charge is 0.508 e. The minimum absolute atomic E-state index is 0.122. The molecule has 2 aromatic rings. The lowest BCUT2D eigenvalue weighted by atomic mass is 10.0. The van der Waals surface area contributed by atoms with Crippen LogP contribution in [-0.4, -0.2) is 23.0 Å². The zero-order valence-electron chi connectivity index (χ0n) is 24.8. The number of carbonyl (C=O) groups is 2. The maximum Gasteiger partial charge on any atom is 0.247 e. The lowest BCUT2D eigenvalue weighted by Crippen LogP contribution is -2.45. The van der Waals surface area contributed by atoms with Gasteiger partial charge in [-0.2, -0.15) is 0 Å². The number of benzene rings is 2. The zero-order valence-corrected chi connectivity index (χ0v) is 24.8. The molecular formula is C37H46N2O3. The van der Waals surface area contributed by atoms with E-state index in [0.717, 1.165) is 44.1 Å². The van der Waals surface area contributed by atoms with Crippen LogP contribution in [0.1, 0.15) is 63.9 Å². The van der Waals surface area contributed by atoms with Crippen molar-refractivity contribution in [3.05, 3.63) is 133 Å². The van der Waals surface area contributed by atoms with Crippen molar-refractivity contribution in [1.82, 2.24) is 5.32 Å². The van der Waals surface area contributed by atoms with Gasteiger partial charge in [0.1, 0.15) is 11.8 Å². The van der Waals surface area contributed by atoms with E-state index < -0.39 is 6.04 Å². The molecule has 5 nitrogen and oxygen atoms in total. The molecule has 3 N–H and O–H groups in total. The molecule has 2 aromatic carbocycles. The van der Waals surface area contributed by atoms with Crippen LogP contribution in [0.3, 0.4) is 0 Å². The van der Waals surface area contributed by atoms with Crippen LogP contribution >= 0.6 is 0 Å². The van der Waals surface area contributed by atoms with Crippen molar-refractivity contribution < 1.29 is 14.7 Å². The lowest BCUT2D eigenvalue weighted by Gasteiger charge is -2.19. The lowest BCUT2D eigenvalue weighted by molar-refractivity contribution is -0.126. The van der Waals surface area contributed by atoms with Crippen LogP contribution in [0.15, 0.2) is 128 Å². The highest BCUT2D eigenvalue weighted by atomic mass is 16.3. The Balaban J connectivity index is 1.65. The van der Waals surface area contributed by atoms with E-state index in [-0.39, 0.29) is 17.6 Å². The van der Waals surface area contributed by atoms with E-state index in [1.54, 1.807) is 12.1 Å². The molecule has 1 atom stereocenters. The smallest absolute Gasteiger partial charge is 0.247 e. The second kappa shape index (κ2) is 22.3. The fourth-order valence-corrected chi connectivity index (χ4v) is 3.95. The second-order valence-corrected chi connectivity index (χ2v) is 9.80. The number of allylic oxidation sites excluding steroid dienone is 12. The summed E-state index contributed by atoms with van der Waals surface area (Å²) in [7, 11) is 0. The summed E-state index contributed by atoms with van der Waals surface area (Å²) in [6, 6.07) is 15.2. The van der Waals surface area contributed by atoms with Gasteiger partial charge in [-0.3, -0.25) is 9.59 Å². The van der Waals surface area contributed by atoms with Crippen molar-refractivity contribution >= 4 is 17.5 Å². The predicted molar refractivity (Wildman–Crippen MR) is 176 cm³/mol. The van der Waals surface area contributed by atoms with Gasteiger partial charge in [-0.1, -0.05) is 110 Å². The van der Waals surface area contributed by atoms with Crippen LogP contribution in [0.25, 0.3) is 0 Å². The van der Waals surface area contributed by atoms with Gasteiger partial charge in [0.2, 0.25) is 11.8 Å². The molecule has 5 heteroatoms. The Morgan fingerprint density at radius 1 is 0.690 bits per heavy atom. The van der Waals surface area contributed by atoms with Crippen LogP contribution in [0, 0.1) is 0 Å². The van der Waals surface area contributed by atoms with E-state index in [0.29, 0.717) is 24.9 Å². The van der Waals surface area contributed by atoms with Crippen LogP contribution in [-0.2, 0) is 16.0 Å². The molecule has 0 aliphatic heterocycles. The van der Waals surface area contributed by atoms with Crippen molar-refractivity contribution in [1.29, 1.82) is 0 Å². The Labute approximate surface area is 252 Å². The summed E-state index contributed by atoms with van der Waals surface area (Å²) in [6.07, 6.45) is 32.9. The second-order valence-electron chi connectivity index (χ2n) is 9.80. The first-order valence-corrected chi connectivity index (χ1v) is 14.9. The summed E-state index contributed by atoms with van der Waals surface area (Å²) in [5.74, 6) is -0.348. The fourth-order valence-electron chi connectivity index (χ4n) is 3.95. The monoisotopic (exact) mass is 566 g/mol. The van der Waals surface area contributed by atoms with Gasteiger partial charge >= 0.3 is 0 Å². The van der Waals surface area contributed by atoms with Crippen molar-refractivity contribution in [3.63, 3.8) is 0 Å². The van der Waals surface area contributed by atoms with Gasteiger partial charge in [0.25, 0.3) is 0 Å². The average molecular weight is 567 g/mol. The number of rotatable bonds is 19. The quantitative estimate of drug-likeness (QED) is 0.118. The molecule has 0 bridgehead atoms. The van der Waals surface area contributed by atoms with E-state index in [1.807, 2.05) is 36.4 Å². The number of nitrogens with one attached hydrogen (secondary N) is 2. The van der Waals surface area contributed by atoms with E-state index in [2.05, 4.69) is 84.4 Å². The molecule has 0 radical (unpaired) electrons. The topological polar surface area (TPSA) is 78.4 Å². The van der Waals surface area contributed by atoms with Crippen LogP contribution in [0.5, 0.6) is 5.75 Å². The highest BCUT2D eigenvalue weighted by Crippen LogP contribution is 2.15. The normalized spacial score (nSPS) is 12.9. The van der Waals surface area contributed by atoms with E-state index in [9.17, 15) is 14.7 Å². The minimum atomic E-state index is -0.709. The van der Waals surface area contributed by atoms with E-state index in [4.69, 9.17) is 0 Å². The molecule has 42 heavy (non-hydrogen) atoms. The van der Waals surface area contributed by atoms with Gasteiger partial charge in [0.05, 0.1) is 0 Å². The maximum atomic E-state index is 13.0. The molecule has 0 heterocycles. The Kier molecular flexibility index (Phi) is 18.0. The van der Waals surface area contributed by atoms with Gasteiger partial charge < -0.3 is 15.7 Å². The number of carbonyl (C=O) groups excluding carboxylic acids is 2. The van der Waals surface area contributed by atoms with Crippen LogP contribution < -0.4 is 10.6 Å². The minimum Gasteiger partial charge on any atom is -0.508 e. The standard InChI is InChI=1S/C37H46N2O3/c1-2-3-4-5-6-7-8-9-10-11-12-13-14-15-16-17-18-19-23-26-36(41)39-35(31-32-24-21-20-22-25-32)37(42)38-33-27-29-34(40)30-28-33/h3-4,6-7,9-10,12-13,15-16,18-22,24-25,27-30,35,40H,2,5,8,11,14,17,23,26,31H2,1H3,(H,38,42)(H,39,41). The zero-order chi connectivity index (χ0) is 30.1. The number of hydrogen-bond acceptors (Lipinski definition) is 3. The summed E-state index contributed by atoms with van der Waals surface area (Å²) in [4.78, 5) is 25.6. The van der Waals surface area contributed by atoms with Crippen molar-refractivity contribution in [2.75, 3.05) is 5.32 Å². The molecular weight excluding hydrogens is 520 g/mol. The van der Waals surface area contributed by atoms with Gasteiger partial charge in [0.15, 0.2) is 0 Å². The Bertz CT molecular complexity index is 1210. The van der Waals surface area contributed by atoms with Crippen molar-refractivity contribution in [2.24, 2.45) is 0 Å². The molecule has 222 valence electrons. The van der Waals surface area contributed by atoms with Gasteiger partial charge in [-0.15, -0.1) is 0 Å². The fraction of sp³-hybridized carbons (Fsp3) is 0.297. The third-order valence-corrected chi connectivity index (χ3v) is 6.20. The first kappa shape index (κ1) is 33.8. The summed E-state index contributed by atoms with van der Waals surface area (Å²) in [5, 5.41) is 15.2. The number of phenols is 1. The summed E-state index contributed by atoms with van der Waals surface area (Å²) < 4.78 is 0. The average Bonchev–Trinajstić information content (AvgIpc) is 2.99. The van der Waals surface area contributed by atoms with Crippen molar-refractivity contribution in [3.8, 4) is 5.75 Å². The highest BCUT2D eigenvalue weighted by Gasteiger charge is 2.21. The molecule has 0 fully saturated rings. The molecule has 0 saturated heterocycles. The third-order valence-electron chi connectivity index (χ3n) is 6.20. The molecule has 1 unspecified atom stereocenters. The summed E-state index contributed by atoms with van der Waals surface area (Å²) >= 11 is 0. The molecule has 0 saturated carbocycles. The van der Waals surface area contributed by atoms with Gasteiger partial charge in [-0.25, -0.2) is 0 Å². The summed E-state index contributed by atoms with van der Waals surface area (Å²) in [5.41, 5.74) is 1.52.